The highest BCUT2D eigenvalue weighted by Gasteiger charge is 2.12. The molecule has 0 aliphatic carbocycles. The third-order valence-corrected chi connectivity index (χ3v) is 3.64. The Morgan fingerprint density at radius 2 is 2.00 bits per heavy atom. The van der Waals surface area contributed by atoms with E-state index in [1.165, 1.54) is 0 Å². The van der Waals surface area contributed by atoms with Crippen LogP contribution >= 0.6 is 23.2 Å². The number of H-pyrrole nitrogens is 1. The maximum Gasteiger partial charge on any atom is 0.215 e. The molecule has 0 atom stereocenters. The van der Waals surface area contributed by atoms with Crippen molar-refractivity contribution in [3.63, 3.8) is 0 Å². The van der Waals surface area contributed by atoms with Gasteiger partial charge in [-0.05, 0) is 25.1 Å². The summed E-state index contributed by atoms with van der Waals surface area (Å²) in [5, 5.41) is 0.964. The lowest BCUT2D eigenvalue weighted by atomic mass is 10.2. The van der Waals surface area contributed by atoms with Crippen LogP contribution in [0.5, 0.6) is 5.88 Å². The molecular formula is C14H11Cl2N3O. The quantitative estimate of drug-likeness (QED) is 0.783. The van der Waals surface area contributed by atoms with Gasteiger partial charge in [0.2, 0.25) is 5.88 Å². The minimum Gasteiger partial charge on any atom is -0.478 e. The fourth-order valence-electron chi connectivity index (χ4n) is 1.92. The maximum atomic E-state index is 6.20. The molecule has 20 heavy (non-hydrogen) atoms. The molecule has 1 N–H and O–H groups in total. The van der Waals surface area contributed by atoms with Crippen LogP contribution < -0.4 is 4.74 Å². The Kier molecular flexibility index (Phi) is 3.51. The van der Waals surface area contributed by atoms with Gasteiger partial charge in [-0.2, -0.15) is 4.98 Å². The molecule has 0 amide bonds. The first-order chi connectivity index (χ1) is 9.69. The molecule has 0 fully saturated rings. The highest BCUT2D eigenvalue weighted by Crippen LogP contribution is 2.32. The van der Waals surface area contributed by atoms with Gasteiger partial charge in [-0.25, -0.2) is 4.98 Å². The van der Waals surface area contributed by atoms with Crippen molar-refractivity contribution in [1.29, 1.82) is 0 Å². The number of aromatic nitrogens is 3. The first-order valence-corrected chi connectivity index (χ1v) is 6.88. The second-order valence-electron chi connectivity index (χ2n) is 4.14. The molecule has 102 valence electrons. The lowest BCUT2D eigenvalue weighted by molar-refractivity contribution is 0.328. The van der Waals surface area contributed by atoms with E-state index < -0.39 is 0 Å². The summed E-state index contributed by atoms with van der Waals surface area (Å²) in [5.41, 5.74) is 2.15. The fourth-order valence-corrected chi connectivity index (χ4v) is 2.31. The van der Waals surface area contributed by atoms with E-state index in [1.54, 1.807) is 12.1 Å². The highest BCUT2D eigenvalue weighted by atomic mass is 35.5. The minimum absolute atomic E-state index is 0.471. The molecule has 0 saturated heterocycles. The van der Waals surface area contributed by atoms with E-state index >= 15 is 0 Å². The minimum atomic E-state index is 0.471. The SMILES string of the molecule is CCOc1ccc2[nH]c(-c3cccc(Cl)c3Cl)nc2n1. The van der Waals surface area contributed by atoms with Crippen LogP contribution in [0.2, 0.25) is 10.0 Å². The average molecular weight is 308 g/mol. The van der Waals surface area contributed by atoms with Gasteiger partial charge in [0, 0.05) is 11.6 Å². The number of nitrogens with zero attached hydrogens (tertiary/aromatic N) is 2. The molecular weight excluding hydrogens is 297 g/mol. The van der Waals surface area contributed by atoms with Crippen molar-refractivity contribution in [2.45, 2.75) is 6.92 Å². The summed E-state index contributed by atoms with van der Waals surface area (Å²) < 4.78 is 5.36. The van der Waals surface area contributed by atoms with Gasteiger partial charge < -0.3 is 9.72 Å². The number of halogens is 2. The zero-order valence-corrected chi connectivity index (χ0v) is 12.2. The van der Waals surface area contributed by atoms with E-state index in [9.17, 15) is 0 Å². The van der Waals surface area contributed by atoms with Gasteiger partial charge in [-0.3, -0.25) is 0 Å². The monoisotopic (exact) mass is 307 g/mol. The average Bonchev–Trinajstić information content (AvgIpc) is 2.85. The topological polar surface area (TPSA) is 50.8 Å². The molecule has 0 unspecified atom stereocenters. The van der Waals surface area contributed by atoms with Crippen molar-refractivity contribution in [2.75, 3.05) is 6.61 Å². The Morgan fingerprint density at radius 1 is 1.15 bits per heavy atom. The van der Waals surface area contributed by atoms with Gasteiger partial charge in [0.1, 0.15) is 5.82 Å². The molecule has 0 bridgehead atoms. The van der Waals surface area contributed by atoms with Crippen molar-refractivity contribution in [3.05, 3.63) is 40.4 Å². The van der Waals surface area contributed by atoms with Crippen molar-refractivity contribution in [1.82, 2.24) is 15.0 Å². The smallest absolute Gasteiger partial charge is 0.215 e. The summed E-state index contributed by atoms with van der Waals surface area (Å²) >= 11 is 12.2. The second-order valence-corrected chi connectivity index (χ2v) is 4.93. The number of benzene rings is 1. The van der Waals surface area contributed by atoms with Gasteiger partial charge in [0.15, 0.2) is 5.65 Å². The third kappa shape index (κ3) is 2.32. The number of rotatable bonds is 3. The summed E-state index contributed by atoms with van der Waals surface area (Å²) in [6.45, 7) is 2.48. The van der Waals surface area contributed by atoms with Crippen molar-refractivity contribution >= 4 is 34.4 Å². The summed E-state index contributed by atoms with van der Waals surface area (Å²) in [6.07, 6.45) is 0. The van der Waals surface area contributed by atoms with E-state index in [0.29, 0.717) is 34.0 Å². The van der Waals surface area contributed by atoms with Crippen molar-refractivity contribution in [3.8, 4) is 17.3 Å². The van der Waals surface area contributed by atoms with Gasteiger partial charge >= 0.3 is 0 Å². The summed E-state index contributed by atoms with van der Waals surface area (Å²) in [5.74, 6) is 1.18. The molecule has 4 nitrogen and oxygen atoms in total. The van der Waals surface area contributed by atoms with Crippen molar-refractivity contribution in [2.24, 2.45) is 0 Å². The molecule has 6 heteroatoms. The molecule has 3 rings (SSSR count). The van der Waals surface area contributed by atoms with E-state index in [1.807, 2.05) is 25.1 Å². The maximum absolute atomic E-state index is 6.20. The normalized spacial score (nSPS) is 10.9. The lowest BCUT2D eigenvalue weighted by Crippen LogP contribution is -1.93. The number of aromatic amines is 1. The molecule has 2 aromatic heterocycles. The van der Waals surface area contributed by atoms with E-state index in [-0.39, 0.29) is 0 Å². The first-order valence-electron chi connectivity index (χ1n) is 6.13. The standard InChI is InChI=1S/C14H11Cl2N3O/c1-2-20-11-7-6-10-14(18-11)19-13(17-10)8-4-3-5-9(15)12(8)16/h3-7H,2H2,1H3,(H,17,18,19). The number of hydrogen-bond donors (Lipinski definition) is 1. The largest absolute Gasteiger partial charge is 0.478 e. The van der Waals surface area contributed by atoms with Crippen LogP contribution in [0.15, 0.2) is 30.3 Å². The lowest BCUT2D eigenvalue weighted by Gasteiger charge is -2.01. The molecule has 1 aromatic carbocycles. The van der Waals surface area contributed by atoms with Crippen LogP contribution in [-0.2, 0) is 0 Å². The van der Waals surface area contributed by atoms with Crippen LogP contribution in [-0.4, -0.2) is 21.6 Å². The molecule has 0 aliphatic heterocycles. The van der Waals surface area contributed by atoms with Crippen LogP contribution in [0.3, 0.4) is 0 Å². The Labute approximate surface area is 125 Å². The van der Waals surface area contributed by atoms with E-state index in [0.717, 1.165) is 11.1 Å². The Hall–Kier alpha value is -1.78. The van der Waals surface area contributed by atoms with Gasteiger partial charge in [0.05, 0.1) is 22.2 Å². The predicted molar refractivity (Wildman–Crippen MR) is 80.5 cm³/mol. The van der Waals surface area contributed by atoms with Gasteiger partial charge in [-0.15, -0.1) is 0 Å². The number of fused-ring (bicyclic) bond motifs is 1. The summed E-state index contributed by atoms with van der Waals surface area (Å²) in [6, 6.07) is 9.10. The molecule has 0 spiro atoms. The van der Waals surface area contributed by atoms with E-state index in [2.05, 4.69) is 15.0 Å². The molecule has 0 aliphatic rings. The molecule has 0 saturated carbocycles. The number of nitrogens with one attached hydrogen (secondary N) is 1. The van der Waals surface area contributed by atoms with Crippen LogP contribution in [0.25, 0.3) is 22.6 Å². The Bertz CT molecular complexity index is 770. The highest BCUT2D eigenvalue weighted by molar-refractivity contribution is 6.43. The van der Waals surface area contributed by atoms with Gasteiger partial charge in [0.25, 0.3) is 0 Å². The summed E-state index contributed by atoms with van der Waals surface area (Å²) in [7, 11) is 0. The van der Waals surface area contributed by atoms with Crippen LogP contribution in [0.4, 0.5) is 0 Å². The number of hydrogen-bond acceptors (Lipinski definition) is 3. The fraction of sp³-hybridized carbons (Fsp3) is 0.143. The zero-order chi connectivity index (χ0) is 14.1. The molecule has 3 aromatic rings. The number of ether oxygens (including phenoxy) is 1. The molecule has 0 radical (unpaired) electrons. The van der Waals surface area contributed by atoms with Crippen LogP contribution in [0, 0.1) is 0 Å². The third-order valence-electron chi connectivity index (χ3n) is 2.82. The zero-order valence-electron chi connectivity index (χ0n) is 10.7. The van der Waals surface area contributed by atoms with Crippen molar-refractivity contribution < 1.29 is 4.74 Å². The Balaban J connectivity index is 2.10. The van der Waals surface area contributed by atoms with Gasteiger partial charge in [-0.1, -0.05) is 29.3 Å². The first kappa shape index (κ1) is 13.2. The Morgan fingerprint density at radius 3 is 2.80 bits per heavy atom. The summed E-state index contributed by atoms with van der Waals surface area (Å²) in [4.78, 5) is 11.9. The van der Waals surface area contributed by atoms with E-state index in [4.69, 9.17) is 27.9 Å². The number of pyridine rings is 1. The molecule has 2 heterocycles. The second kappa shape index (κ2) is 5.31. The predicted octanol–water partition coefficient (Wildman–Crippen LogP) is 4.33. The number of imidazole rings is 1. The van der Waals surface area contributed by atoms with Crippen LogP contribution in [0.1, 0.15) is 6.92 Å².